The molecule has 0 nitrogen and oxygen atoms in total. The summed E-state index contributed by atoms with van der Waals surface area (Å²) >= 11 is 0. The zero-order valence-electron chi connectivity index (χ0n) is 8.72. The fourth-order valence-corrected chi connectivity index (χ4v) is 4.73. The van der Waals surface area contributed by atoms with Gasteiger partial charge in [-0.25, -0.2) is 0 Å². The molecule has 0 saturated carbocycles. The second kappa shape index (κ2) is 6.00. The van der Waals surface area contributed by atoms with Crippen molar-refractivity contribution in [2.24, 2.45) is 0 Å². The molecule has 0 N–H and O–H groups in total. The fourth-order valence-electron chi connectivity index (χ4n) is 1.77. The van der Waals surface area contributed by atoms with E-state index in [1.165, 1.54) is 19.0 Å². The van der Waals surface area contributed by atoms with E-state index in [0.717, 1.165) is 11.3 Å². The van der Waals surface area contributed by atoms with Crippen LogP contribution in [0.2, 0.25) is 0 Å². The third-order valence-electron chi connectivity index (χ3n) is 2.30. The average molecular weight is 174 g/mol. The van der Waals surface area contributed by atoms with Crippen molar-refractivity contribution in [2.75, 3.05) is 6.16 Å². The molecule has 2 atom stereocenters. The van der Waals surface area contributed by atoms with Gasteiger partial charge < -0.3 is 0 Å². The van der Waals surface area contributed by atoms with Crippen molar-refractivity contribution in [2.45, 2.75) is 58.8 Å². The summed E-state index contributed by atoms with van der Waals surface area (Å²) in [4.78, 5) is 0. The van der Waals surface area contributed by atoms with Gasteiger partial charge >= 0.3 is 0 Å². The molecule has 0 radical (unpaired) electrons. The lowest BCUT2D eigenvalue weighted by Crippen LogP contribution is -2.08. The van der Waals surface area contributed by atoms with Gasteiger partial charge in [-0.2, -0.15) is 0 Å². The van der Waals surface area contributed by atoms with E-state index in [-0.39, 0.29) is 0 Å². The Morgan fingerprint density at radius 3 is 1.91 bits per heavy atom. The Morgan fingerprint density at radius 1 is 1.09 bits per heavy atom. The molecule has 0 aliphatic heterocycles. The maximum Gasteiger partial charge on any atom is -0.0236 e. The van der Waals surface area contributed by atoms with E-state index in [1.54, 1.807) is 0 Å². The SMILES string of the molecule is CCCC(C)P(CC)C(C)C. The van der Waals surface area contributed by atoms with Crippen LogP contribution in [0.1, 0.15) is 47.5 Å². The first-order valence-corrected chi connectivity index (χ1v) is 6.55. The molecule has 0 fully saturated rings. The zero-order valence-corrected chi connectivity index (χ0v) is 9.62. The Labute approximate surface area is 73.5 Å². The predicted molar refractivity (Wildman–Crippen MR) is 57.0 cm³/mol. The van der Waals surface area contributed by atoms with Gasteiger partial charge in [-0.15, -0.1) is 7.92 Å². The van der Waals surface area contributed by atoms with Gasteiger partial charge in [-0.3, -0.25) is 0 Å². The Hall–Kier alpha value is 0.430. The molecule has 0 aromatic rings. The molecular weight excluding hydrogens is 151 g/mol. The molecule has 0 spiro atoms. The molecule has 0 amide bonds. The molecule has 0 aliphatic rings. The first-order chi connectivity index (χ1) is 5.13. The molecule has 0 aromatic heterocycles. The van der Waals surface area contributed by atoms with E-state index >= 15 is 0 Å². The van der Waals surface area contributed by atoms with Crippen LogP contribution >= 0.6 is 7.92 Å². The van der Waals surface area contributed by atoms with Crippen LogP contribution in [0.25, 0.3) is 0 Å². The number of hydrogen-bond donors (Lipinski definition) is 0. The van der Waals surface area contributed by atoms with Gasteiger partial charge in [0.15, 0.2) is 0 Å². The minimum Gasteiger partial charge on any atom is -0.101 e. The molecule has 0 saturated heterocycles. The van der Waals surface area contributed by atoms with Crippen LogP contribution < -0.4 is 0 Å². The summed E-state index contributed by atoms with van der Waals surface area (Å²) in [5, 5.41) is 0. The second-order valence-electron chi connectivity index (χ2n) is 3.56. The molecule has 11 heavy (non-hydrogen) atoms. The van der Waals surface area contributed by atoms with Gasteiger partial charge in [0.25, 0.3) is 0 Å². The summed E-state index contributed by atoms with van der Waals surface area (Å²) in [6, 6.07) is 0. The molecule has 0 aliphatic carbocycles. The first kappa shape index (κ1) is 11.4. The molecule has 0 rings (SSSR count). The smallest absolute Gasteiger partial charge is 0.0236 e. The van der Waals surface area contributed by atoms with Gasteiger partial charge in [0.05, 0.1) is 0 Å². The predicted octanol–water partition coefficient (Wildman–Crippen LogP) is 4.09. The van der Waals surface area contributed by atoms with Gasteiger partial charge in [0.2, 0.25) is 0 Å². The topological polar surface area (TPSA) is 0 Å². The quantitative estimate of drug-likeness (QED) is 0.551. The lowest BCUT2D eigenvalue weighted by molar-refractivity contribution is 0.769. The highest BCUT2D eigenvalue weighted by molar-refractivity contribution is 7.59. The van der Waals surface area contributed by atoms with Gasteiger partial charge in [-0.1, -0.05) is 41.0 Å². The van der Waals surface area contributed by atoms with Crippen LogP contribution in [0.5, 0.6) is 0 Å². The Morgan fingerprint density at radius 2 is 1.64 bits per heavy atom. The zero-order chi connectivity index (χ0) is 8.85. The summed E-state index contributed by atoms with van der Waals surface area (Å²) in [5.41, 5.74) is 1.91. The summed E-state index contributed by atoms with van der Waals surface area (Å²) < 4.78 is 0. The summed E-state index contributed by atoms with van der Waals surface area (Å²) in [7, 11) is 0.315. The Balaban J connectivity index is 3.81. The first-order valence-electron chi connectivity index (χ1n) is 4.89. The van der Waals surface area contributed by atoms with Crippen molar-refractivity contribution < 1.29 is 0 Å². The Bertz CT molecular complexity index is 88.9. The van der Waals surface area contributed by atoms with E-state index in [9.17, 15) is 0 Å². The fraction of sp³-hybridized carbons (Fsp3) is 1.00. The maximum atomic E-state index is 2.43. The number of rotatable bonds is 5. The van der Waals surface area contributed by atoms with E-state index in [2.05, 4.69) is 34.6 Å². The van der Waals surface area contributed by atoms with E-state index in [0.29, 0.717) is 7.92 Å². The summed E-state index contributed by atoms with van der Waals surface area (Å²) in [6.45, 7) is 11.8. The normalized spacial score (nSPS) is 16.9. The standard InChI is InChI=1S/C10H23P/c1-6-8-10(5)11(7-2)9(3)4/h9-10H,6-8H2,1-5H3. The van der Waals surface area contributed by atoms with Crippen molar-refractivity contribution in [3.05, 3.63) is 0 Å². The molecule has 0 heterocycles. The highest BCUT2D eigenvalue weighted by atomic mass is 31.1. The molecule has 2 unspecified atom stereocenters. The van der Waals surface area contributed by atoms with Gasteiger partial charge in [-0.05, 0) is 23.9 Å². The average Bonchev–Trinajstić information content (AvgIpc) is 1.88. The van der Waals surface area contributed by atoms with Crippen LogP contribution in [0, 0.1) is 0 Å². The van der Waals surface area contributed by atoms with Crippen LogP contribution in [0.15, 0.2) is 0 Å². The van der Waals surface area contributed by atoms with Crippen molar-refractivity contribution in [1.29, 1.82) is 0 Å². The Kier molecular flexibility index (Phi) is 6.24. The van der Waals surface area contributed by atoms with E-state index in [1.807, 2.05) is 0 Å². The third-order valence-corrected chi connectivity index (χ3v) is 5.75. The lowest BCUT2D eigenvalue weighted by Gasteiger charge is -2.26. The minimum absolute atomic E-state index is 0.315. The molecule has 1 heteroatoms. The largest absolute Gasteiger partial charge is 0.101 e. The third kappa shape index (κ3) is 4.11. The van der Waals surface area contributed by atoms with Crippen molar-refractivity contribution in [1.82, 2.24) is 0 Å². The van der Waals surface area contributed by atoms with Crippen molar-refractivity contribution in [3.8, 4) is 0 Å². The van der Waals surface area contributed by atoms with E-state index in [4.69, 9.17) is 0 Å². The van der Waals surface area contributed by atoms with Crippen molar-refractivity contribution in [3.63, 3.8) is 0 Å². The molecule has 68 valence electrons. The lowest BCUT2D eigenvalue weighted by atomic mass is 10.3. The van der Waals surface area contributed by atoms with E-state index < -0.39 is 0 Å². The van der Waals surface area contributed by atoms with Crippen LogP contribution in [0.4, 0.5) is 0 Å². The maximum absolute atomic E-state index is 2.43. The van der Waals surface area contributed by atoms with Crippen LogP contribution in [-0.2, 0) is 0 Å². The summed E-state index contributed by atoms with van der Waals surface area (Å²) in [5.74, 6) is 0. The highest BCUT2D eigenvalue weighted by Crippen LogP contribution is 2.47. The molecular formula is C10H23P. The summed E-state index contributed by atoms with van der Waals surface area (Å²) in [6.07, 6.45) is 4.19. The van der Waals surface area contributed by atoms with Gasteiger partial charge in [0, 0.05) is 0 Å². The monoisotopic (exact) mass is 174 g/mol. The molecule has 0 bridgehead atoms. The van der Waals surface area contributed by atoms with Crippen LogP contribution in [0.3, 0.4) is 0 Å². The molecule has 0 aromatic carbocycles. The van der Waals surface area contributed by atoms with Crippen molar-refractivity contribution >= 4 is 7.92 Å². The van der Waals surface area contributed by atoms with Gasteiger partial charge in [0.1, 0.15) is 0 Å². The minimum atomic E-state index is 0.315. The second-order valence-corrected chi connectivity index (χ2v) is 7.14. The highest BCUT2D eigenvalue weighted by Gasteiger charge is 2.16. The number of hydrogen-bond acceptors (Lipinski definition) is 0. The van der Waals surface area contributed by atoms with Crippen LogP contribution in [-0.4, -0.2) is 17.5 Å².